The van der Waals surface area contributed by atoms with Crippen LogP contribution in [-0.4, -0.2) is 39.8 Å². The van der Waals surface area contributed by atoms with Gasteiger partial charge in [-0.3, -0.25) is 4.79 Å². The maximum atomic E-state index is 14.0. The Labute approximate surface area is 296 Å². The van der Waals surface area contributed by atoms with Gasteiger partial charge in [-0.25, -0.2) is 0 Å². The van der Waals surface area contributed by atoms with E-state index < -0.39 is 74.7 Å². The lowest BCUT2D eigenvalue weighted by molar-refractivity contribution is -0.376. The number of esters is 1. The third-order valence-corrected chi connectivity index (χ3v) is 9.97. The van der Waals surface area contributed by atoms with Gasteiger partial charge in [0.1, 0.15) is 11.4 Å². The molecule has 0 saturated heterocycles. The molecule has 0 amide bonds. The monoisotopic (exact) mass is 750 g/mol. The maximum absolute atomic E-state index is 14.0. The zero-order valence-corrected chi connectivity index (χ0v) is 29.7. The first-order valence-corrected chi connectivity index (χ1v) is 16.3. The van der Waals surface area contributed by atoms with Crippen molar-refractivity contribution in [1.29, 1.82) is 0 Å². The Hall–Kier alpha value is -3.78. The zero-order valence-electron chi connectivity index (χ0n) is 29.7. The van der Waals surface area contributed by atoms with Crippen molar-refractivity contribution in [2.24, 2.45) is 5.41 Å². The Bertz CT molecular complexity index is 1680. The summed E-state index contributed by atoms with van der Waals surface area (Å²) in [6.07, 6.45) is -18.4. The van der Waals surface area contributed by atoms with Crippen molar-refractivity contribution in [3.05, 3.63) is 101 Å². The lowest BCUT2D eigenvalue weighted by Crippen LogP contribution is -2.54. The summed E-state index contributed by atoms with van der Waals surface area (Å²) in [5.74, 6) is -1.50. The third-order valence-electron chi connectivity index (χ3n) is 9.97. The van der Waals surface area contributed by atoms with Crippen molar-refractivity contribution in [3.63, 3.8) is 0 Å². The van der Waals surface area contributed by atoms with Crippen LogP contribution in [0.3, 0.4) is 0 Å². The van der Waals surface area contributed by atoms with Crippen LogP contribution >= 0.6 is 0 Å². The van der Waals surface area contributed by atoms with Gasteiger partial charge in [0.2, 0.25) is 0 Å². The summed E-state index contributed by atoms with van der Waals surface area (Å²) in [4.78, 5) is 13.9. The maximum Gasteiger partial charge on any atom is 0.430 e. The minimum Gasteiger partial charge on any atom is -0.508 e. The SMILES string of the molecule is CCC(C)(CC(CC(C)(C)c1cc(C(C)(O)C(F)(F)F)cc(C(O)(C(F)(F)F)C(F)(F)F)c1)c1ccc(O)cc1)C(=O)OC(C)(C)c1ccccc1. The Balaban J connectivity index is 2.22. The van der Waals surface area contributed by atoms with E-state index in [0.717, 1.165) is 0 Å². The first kappa shape index (κ1) is 42.6. The average molecular weight is 751 g/mol. The molecular weight excluding hydrogens is 707 g/mol. The van der Waals surface area contributed by atoms with Gasteiger partial charge in [-0.05, 0) is 98.7 Å². The van der Waals surface area contributed by atoms with E-state index >= 15 is 0 Å². The summed E-state index contributed by atoms with van der Waals surface area (Å²) in [5.41, 5.74) is -16.1. The molecule has 0 spiro atoms. The molecule has 3 N–H and O–H groups in total. The molecule has 0 radical (unpaired) electrons. The van der Waals surface area contributed by atoms with E-state index in [2.05, 4.69) is 0 Å². The number of aromatic hydroxyl groups is 1. The molecule has 0 aliphatic carbocycles. The zero-order chi connectivity index (χ0) is 39.9. The molecule has 0 aliphatic heterocycles. The smallest absolute Gasteiger partial charge is 0.430 e. The molecule has 3 unspecified atom stereocenters. The molecule has 52 heavy (non-hydrogen) atoms. The number of hydrogen-bond donors (Lipinski definition) is 3. The number of hydrogen-bond acceptors (Lipinski definition) is 5. The molecule has 3 rings (SSSR count). The van der Waals surface area contributed by atoms with Gasteiger partial charge in [0.15, 0.2) is 5.60 Å². The van der Waals surface area contributed by atoms with E-state index in [1.54, 1.807) is 58.0 Å². The van der Waals surface area contributed by atoms with E-state index in [9.17, 15) is 59.6 Å². The fourth-order valence-electron chi connectivity index (χ4n) is 6.12. The lowest BCUT2D eigenvalue weighted by atomic mass is 9.68. The number of carbonyl (C=O) groups excluding carboxylic acids is 1. The second-order valence-electron chi connectivity index (χ2n) is 14.8. The predicted molar refractivity (Wildman–Crippen MR) is 175 cm³/mol. The highest BCUT2D eigenvalue weighted by Gasteiger charge is 2.71. The van der Waals surface area contributed by atoms with Crippen molar-refractivity contribution in [2.45, 2.75) is 114 Å². The molecule has 14 heteroatoms. The van der Waals surface area contributed by atoms with Gasteiger partial charge >= 0.3 is 24.5 Å². The number of ether oxygens (including phenoxy) is 1. The number of aliphatic hydroxyl groups is 2. The van der Waals surface area contributed by atoms with Gasteiger partial charge in [0.05, 0.1) is 5.41 Å². The second kappa shape index (κ2) is 14.2. The van der Waals surface area contributed by atoms with Crippen LogP contribution in [0.4, 0.5) is 39.5 Å². The fraction of sp³-hybridized carbons (Fsp3) is 0.500. The lowest BCUT2D eigenvalue weighted by Gasteiger charge is -2.39. The summed E-state index contributed by atoms with van der Waals surface area (Å²) in [5, 5.41) is 30.7. The average Bonchev–Trinajstić information content (AvgIpc) is 3.02. The van der Waals surface area contributed by atoms with E-state index in [-0.39, 0.29) is 38.0 Å². The van der Waals surface area contributed by atoms with Gasteiger partial charge in [-0.15, -0.1) is 0 Å². The molecule has 0 saturated carbocycles. The van der Waals surface area contributed by atoms with Crippen LogP contribution in [0.15, 0.2) is 72.8 Å². The van der Waals surface area contributed by atoms with Crippen molar-refractivity contribution in [2.75, 3.05) is 0 Å². The number of carbonyl (C=O) groups is 1. The Morgan fingerprint density at radius 1 is 0.654 bits per heavy atom. The number of rotatable bonds is 12. The molecule has 3 aromatic carbocycles. The minimum absolute atomic E-state index is 0.0107. The second-order valence-corrected chi connectivity index (χ2v) is 14.8. The Kier molecular flexibility index (Phi) is 11.7. The Morgan fingerprint density at radius 2 is 1.13 bits per heavy atom. The molecule has 3 atom stereocenters. The summed E-state index contributed by atoms with van der Waals surface area (Å²) in [6.45, 7) is 9.65. The summed E-state index contributed by atoms with van der Waals surface area (Å²) < 4.78 is 132. The largest absolute Gasteiger partial charge is 0.508 e. The van der Waals surface area contributed by atoms with Gasteiger partial charge in [0.25, 0.3) is 5.60 Å². The van der Waals surface area contributed by atoms with Gasteiger partial charge in [-0.2, -0.15) is 39.5 Å². The highest BCUT2D eigenvalue weighted by molar-refractivity contribution is 5.77. The van der Waals surface area contributed by atoms with Crippen LogP contribution < -0.4 is 0 Å². The van der Waals surface area contributed by atoms with E-state index in [0.29, 0.717) is 23.3 Å². The van der Waals surface area contributed by atoms with Crippen molar-refractivity contribution in [1.82, 2.24) is 0 Å². The quantitative estimate of drug-likeness (QED) is 0.127. The normalized spacial score (nSPS) is 16.5. The van der Waals surface area contributed by atoms with Gasteiger partial charge in [-0.1, -0.05) is 75.4 Å². The number of benzene rings is 3. The number of phenolic OH excluding ortho intramolecular Hbond substituents is 1. The highest BCUT2D eigenvalue weighted by Crippen LogP contribution is 2.53. The topological polar surface area (TPSA) is 87.0 Å². The first-order chi connectivity index (χ1) is 23.4. The molecule has 3 aromatic rings. The van der Waals surface area contributed by atoms with Crippen molar-refractivity contribution >= 4 is 5.97 Å². The fourth-order valence-corrected chi connectivity index (χ4v) is 6.12. The Morgan fingerprint density at radius 3 is 1.60 bits per heavy atom. The highest BCUT2D eigenvalue weighted by atomic mass is 19.4. The number of halogens is 9. The molecule has 0 aliphatic rings. The molecule has 0 fully saturated rings. The van der Waals surface area contributed by atoms with Crippen LogP contribution in [-0.2, 0) is 31.7 Å². The van der Waals surface area contributed by atoms with Crippen LogP contribution in [0, 0.1) is 5.41 Å². The van der Waals surface area contributed by atoms with E-state index in [1.807, 2.05) is 0 Å². The molecule has 0 heterocycles. The van der Waals surface area contributed by atoms with Crippen molar-refractivity contribution in [3.8, 4) is 5.75 Å². The molecule has 288 valence electrons. The molecular formula is C38H43F9O5. The van der Waals surface area contributed by atoms with Gasteiger partial charge in [0, 0.05) is 5.56 Å². The van der Waals surface area contributed by atoms with Crippen LogP contribution in [0.5, 0.6) is 5.75 Å². The van der Waals surface area contributed by atoms with Gasteiger partial charge < -0.3 is 20.1 Å². The first-order valence-electron chi connectivity index (χ1n) is 16.3. The van der Waals surface area contributed by atoms with Crippen LogP contribution in [0.1, 0.15) is 101 Å². The standard InChI is InChI=1S/C38H43F9O5/c1-8-33(6,30(49)52-32(4,5)25-12-10-9-11-13-25)22-24(23-14-16-29(48)17-15-23)21-31(2,3)26-18-27(34(7,50)36(39,40)41)20-28(19-26)35(51,37(42,43)44)38(45,46)47/h9-20,24,48,50-51H,8,21-22H2,1-7H3. The molecule has 0 bridgehead atoms. The molecule has 5 nitrogen and oxygen atoms in total. The van der Waals surface area contributed by atoms with Crippen molar-refractivity contribution < 1.29 is 64.4 Å². The molecule has 0 aromatic heterocycles. The number of alkyl halides is 9. The van der Waals surface area contributed by atoms with Crippen LogP contribution in [0.25, 0.3) is 0 Å². The minimum atomic E-state index is -6.43. The van der Waals surface area contributed by atoms with E-state index in [4.69, 9.17) is 4.74 Å². The van der Waals surface area contributed by atoms with Crippen LogP contribution in [0.2, 0.25) is 0 Å². The summed E-state index contributed by atoms with van der Waals surface area (Å²) in [7, 11) is 0. The predicted octanol–water partition coefficient (Wildman–Crippen LogP) is 10.2. The number of phenols is 1. The summed E-state index contributed by atoms with van der Waals surface area (Å²) >= 11 is 0. The van der Waals surface area contributed by atoms with E-state index in [1.165, 1.54) is 38.1 Å². The third kappa shape index (κ3) is 8.54. The summed E-state index contributed by atoms with van der Waals surface area (Å²) in [6, 6.07) is 15.4.